The van der Waals surface area contributed by atoms with Gasteiger partial charge in [0.15, 0.2) is 0 Å². The summed E-state index contributed by atoms with van der Waals surface area (Å²) in [4.78, 5) is 15.1. The highest BCUT2D eigenvalue weighted by Gasteiger charge is 2.37. The molecule has 0 radical (unpaired) electrons. The van der Waals surface area contributed by atoms with Gasteiger partial charge in [0.1, 0.15) is 0 Å². The van der Waals surface area contributed by atoms with Crippen LogP contribution in [0.3, 0.4) is 0 Å². The smallest absolute Gasteiger partial charge is 0.376 e. The van der Waals surface area contributed by atoms with Gasteiger partial charge in [0.2, 0.25) is 5.91 Å². The van der Waals surface area contributed by atoms with E-state index in [9.17, 15) is 31.1 Å². The molecule has 37 heavy (non-hydrogen) atoms. The Morgan fingerprint density at radius 3 is 2.05 bits per heavy atom. The first-order valence-electron chi connectivity index (χ1n) is 12.3. The Balaban J connectivity index is 1.64. The van der Waals surface area contributed by atoms with Crippen LogP contribution in [-0.4, -0.2) is 43.1 Å². The predicted octanol–water partition coefficient (Wildman–Crippen LogP) is 6.26. The van der Waals surface area contributed by atoms with E-state index in [1.54, 1.807) is 0 Å². The topological polar surface area (TPSA) is 41.6 Å². The maximum Gasteiger partial charge on any atom is 0.416 e. The number of amides is 1. The normalized spacial score (nSPS) is 16.7. The Labute approximate surface area is 213 Å². The minimum atomic E-state index is -4.92. The molecule has 1 saturated heterocycles. The number of benzene rings is 2. The Hall–Kier alpha value is -2.59. The van der Waals surface area contributed by atoms with Gasteiger partial charge >= 0.3 is 12.4 Å². The first-order chi connectivity index (χ1) is 17.3. The average molecular weight is 531 g/mol. The molecule has 0 bridgehead atoms. The molecule has 1 aliphatic rings. The number of likely N-dealkylation sites (tertiary alicyclic amines) is 1. The van der Waals surface area contributed by atoms with Crippen LogP contribution in [0.15, 0.2) is 48.5 Å². The summed E-state index contributed by atoms with van der Waals surface area (Å²) < 4.78 is 84.5. The first-order valence-corrected chi connectivity index (χ1v) is 12.3. The van der Waals surface area contributed by atoms with E-state index in [1.807, 2.05) is 30.3 Å². The van der Waals surface area contributed by atoms with E-state index < -0.39 is 30.1 Å². The van der Waals surface area contributed by atoms with Gasteiger partial charge in [-0.15, -0.1) is 0 Å². The minimum absolute atomic E-state index is 0.00762. The molecule has 1 unspecified atom stereocenters. The predicted molar refractivity (Wildman–Crippen MR) is 128 cm³/mol. The van der Waals surface area contributed by atoms with E-state index in [4.69, 9.17) is 4.74 Å². The van der Waals surface area contributed by atoms with E-state index >= 15 is 0 Å². The number of rotatable bonds is 9. The Kier molecular flexibility index (Phi) is 9.63. The van der Waals surface area contributed by atoms with Crippen LogP contribution in [0, 0.1) is 5.92 Å². The van der Waals surface area contributed by atoms with Crippen LogP contribution in [0.4, 0.5) is 26.3 Å². The zero-order chi connectivity index (χ0) is 27.2. The molecule has 1 heterocycles. The molecule has 2 aromatic rings. The number of alkyl halides is 6. The lowest BCUT2D eigenvalue weighted by Crippen LogP contribution is -2.43. The van der Waals surface area contributed by atoms with Gasteiger partial charge in [0.05, 0.1) is 24.3 Å². The first kappa shape index (κ1) is 29.0. The zero-order valence-corrected chi connectivity index (χ0v) is 20.8. The number of hydrogen-bond acceptors (Lipinski definition) is 3. The maximum atomic E-state index is 13.1. The number of nitrogens with zero attached hydrogens (tertiary/aromatic N) is 1. The molecule has 204 valence electrons. The number of carbonyl (C=O) groups is 1. The molecule has 0 saturated carbocycles. The SMILES string of the molecule is CC(C)N1CCC(C(=O)NCC(COCc2cc(C(F)(F)F)cc(C(F)(F)F)c2)c2ccccc2)CC1. The van der Waals surface area contributed by atoms with Gasteiger partial charge in [0, 0.05) is 24.4 Å². The molecule has 10 heteroatoms. The number of ether oxygens (including phenoxy) is 1. The average Bonchev–Trinajstić information content (AvgIpc) is 2.85. The van der Waals surface area contributed by atoms with E-state index in [0.29, 0.717) is 18.2 Å². The molecule has 4 nitrogen and oxygen atoms in total. The van der Waals surface area contributed by atoms with Gasteiger partial charge in [-0.3, -0.25) is 4.79 Å². The standard InChI is InChI=1S/C27H32F6N2O2/c1-18(2)35-10-8-21(9-11-35)25(36)34-15-22(20-6-4-3-5-7-20)17-37-16-19-12-23(26(28,29)30)14-24(13-19)27(31,32)33/h3-7,12-14,18,21-22H,8-11,15-17H2,1-2H3,(H,34,36). The van der Waals surface area contributed by atoms with E-state index in [0.717, 1.165) is 31.5 Å². The van der Waals surface area contributed by atoms with Crippen molar-refractivity contribution < 1.29 is 35.9 Å². The number of nitrogens with one attached hydrogen (secondary N) is 1. The molecule has 1 fully saturated rings. The third-order valence-corrected chi connectivity index (χ3v) is 6.66. The lowest BCUT2D eigenvalue weighted by molar-refractivity contribution is -0.143. The Bertz CT molecular complexity index is 984. The van der Waals surface area contributed by atoms with Crippen LogP contribution in [0.1, 0.15) is 54.9 Å². The molecule has 1 amide bonds. The van der Waals surface area contributed by atoms with Crippen LogP contribution in [0.2, 0.25) is 0 Å². The molecular formula is C27H32F6N2O2. The van der Waals surface area contributed by atoms with Gasteiger partial charge in [-0.25, -0.2) is 0 Å². The summed E-state index contributed by atoms with van der Waals surface area (Å²) >= 11 is 0. The molecular weight excluding hydrogens is 498 g/mol. The van der Waals surface area contributed by atoms with Crippen LogP contribution >= 0.6 is 0 Å². The minimum Gasteiger partial charge on any atom is -0.376 e. The number of carbonyl (C=O) groups excluding carboxylic acids is 1. The van der Waals surface area contributed by atoms with Gasteiger partial charge in [-0.1, -0.05) is 30.3 Å². The van der Waals surface area contributed by atoms with Crippen molar-refractivity contribution in [1.29, 1.82) is 0 Å². The van der Waals surface area contributed by atoms with Gasteiger partial charge < -0.3 is 15.0 Å². The molecule has 1 atom stereocenters. The van der Waals surface area contributed by atoms with Crippen LogP contribution in [0.5, 0.6) is 0 Å². The van der Waals surface area contributed by atoms with E-state index in [2.05, 4.69) is 24.1 Å². The Morgan fingerprint density at radius 1 is 0.973 bits per heavy atom. The highest BCUT2D eigenvalue weighted by molar-refractivity contribution is 5.78. The summed E-state index contributed by atoms with van der Waals surface area (Å²) in [5.74, 6) is -0.482. The number of hydrogen-bond donors (Lipinski definition) is 1. The van der Waals surface area contributed by atoms with Crippen molar-refractivity contribution in [2.45, 2.75) is 57.6 Å². The summed E-state index contributed by atoms with van der Waals surface area (Å²) in [6.07, 6.45) is -8.32. The molecule has 0 aromatic heterocycles. The fraction of sp³-hybridized carbons (Fsp3) is 0.519. The third kappa shape index (κ3) is 8.46. The second kappa shape index (κ2) is 12.3. The fourth-order valence-corrected chi connectivity index (χ4v) is 4.47. The van der Waals surface area contributed by atoms with Crippen molar-refractivity contribution in [2.24, 2.45) is 5.92 Å². The monoisotopic (exact) mass is 530 g/mol. The summed E-state index contributed by atoms with van der Waals surface area (Å²) in [5.41, 5.74) is -2.14. The fourth-order valence-electron chi connectivity index (χ4n) is 4.47. The van der Waals surface area contributed by atoms with Crippen molar-refractivity contribution in [3.05, 3.63) is 70.8 Å². The van der Waals surface area contributed by atoms with Gasteiger partial charge in [-0.2, -0.15) is 26.3 Å². The quantitative estimate of drug-likeness (QED) is 0.389. The number of piperidine rings is 1. The molecule has 3 rings (SSSR count). The highest BCUT2D eigenvalue weighted by atomic mass is 19.4. The molecule has 0 aliphatic carbocycles. The zero-order valence-electron chi connectivity index (χ0n) is 20.8. The van der Waals surface area contributed by atoms with Crippen LogP contribution in [-0.2, 0) is 28.5 Å². The lowest BCUT2D eigenvalue weighted by atomic mass is 9.94. The lowest BCUT2D eigenvalue weighted by Gasteiger charge is -2.34. The number of halogens is 6. The van der Waals surface area contributed by atoms with Crippen molar-refractivity contribution in [3.8, 4) is 0 Å². The van der Waals surface area contributed by atoms with Gasteiger partial charge in [0.25, 0.3) is 0 Å². The third-order valence-electron chi connectivity index (χ3n) is 6.66. The highest BCUT2D eigenvalue weighted by Crippen LogP contribution is 2.36. The van der Waals surface area contributed by atoms with Crippen molar-refractivity contribution >= 4 is 5.91 Å². The maximum absolute atomic E-state index is 13.1. The van der Waals surface area contributed by atoms with Crippen molar-refractivity contribution in [2.75, 3.05) is 26.2 Å². The largest absolute Gasteiger partial charge is 0.416 e. The Morgan fingerprint density at radius 2 is 1.54 bits per heavy atom. The van der Waals surface area contributed by atoms with Crippen molar-refractivity contribution in [1.82, 2.24) is 10.2 Å². The van der Waals surface area contributed by atoms with Gasteiger partial charge in [-0.05, 0) is 69.1 Å². The summed E-state index contributed by atoms with van der Waals surface area (Å²) in [6.45, 7) is 5.74. The van der Waals surface area contributed by atoms with Crippen LogP contribution in [0.25, 0.3) is 0 Å². The molecule has 1 N–H and O–H groups in total. The summed E-state index contributed by atoms with van der Waals surface area (Å²) in [6, 6.07) is 11.0. The molecule has 2 aromatic carbocycles. The van der Waals surface area contributed by atoms with E-state index in [1.165, 1.54) is 0 Å². The second-order valence-electron chi connectivity index (χ2n) is 9.69. The summed E-state index contributed by atoms with van der Waals surface area (Å²) in [5, 5.41) is 2.97. The molecule has 1 aliphatic heterocycles. The van der Waals surface area contributed by atoms with Crippen LogP contribution < -0.4 is 5.32 Å². The summed E-state index contributed by atoms with van der Waals surface area (Å²) in [7, 11) is 0. The van der Waals surface area contributed by atoms with E-state index in [-0.39, 0.29) is 42.5 Å². The second-order valence-corrected chi connectivity index (χ2v) is 9.69. The van der Waals surface area contributed by atoms with Crippen molar-refractivity contribution in [3.63, 3.8) is 0 Å². The molecule has 0 spiro atoms.